The SMILES string of the molecule is Cc1nc(CCNC(=O)CCC2CCCN(C)C2)cc(=O)[nH]1. The van der Waals surface area contributed by atoms with Crippen LogP contribution in [0.25, 0.3) is 0 Å². The zero-order chi connectivity index (χ0) is 15.9. The predicted octanol–water partition coefficient (Wildman–Crippen LogP) is 0.859. The third-order valence-corrected chi connectivity index (χ3v) is 4.12. The van der Waals surface area contributed by atoms with E-state index in [0.29, 0.717) is 31.1 Å². The highest BCUT2D eigenvalue weighted by atomic mass is 16.1. The summed E-state index contributed by atoms with van der Waals surface area (Å²) in [5.41, 5.74) is 0.575. The molecule has 0 aromatic carbocycles. The molecular weight excluding hydrogens is 280 g/mol. The average molecular weight is 306 g/mol. The molecule has 1 aromatic rings. The number of rotatable bonds is 6. The number of aryl methyl sites for hydroxylation is 1. The second kappa shape index (κ2) is 8.08. The number of amides is 1. The van der Waals surface area contributed by atoms with Gasteiger partial charge in [-0.2, -0.15) is 0 Å². The van der Waals surface area contributed by atoms with E-state index >= 15 is 0 Å². The van der Waals surface area contributed by atoms with E-state index in [9.17, 15) is 9.59 Å². The van der Waals surface area contributed by atoms with Gasteiger partial charge >= 0.3 is 0 Å². The summed E-state index contributed by atoms with van der Waals surface area (Å²) in [4.78, 5) is 32.4. The Morgan fingerprint density at radius 3 is 3.09 bits per heavy atom. The van der Waals surface area contributed by atoms with E-state index in [1.165, 1.54) is 25.5 Å². The Bertz CT molecular complexity index is 555. The van der Waals surface area contributed by atoms with Crippen LogP contribution in [0.15, 0.2) is 10.9 Å². The van der Waals surface area contributed by atoms with Crippen LogP contribution in [-0.4, -0.2) is 47.5 Å². The fraction of sp³-hybridized carbons (Fsp3) is 0.688. The molecule has 2 N–H and O–H groups in total. The molecule has 6 heteroatoms. The smallest absolute Gasteiger partial charge is 0.251 e. The fourth-order valence-corrected chi connectivity index (χ4v) is 3.03. The lowest BCUT2D eigenvalue weighted by Crippen LogP contribution is -2.33. The monoisotopic (exact) mass is 306 g/mol. The largest absolute Gasteiger partial charge is 0.356 e. The number of hydrogen-bond acceptors (Lipinski definition) is 4. The highest BCUT2D eigenvalue weighted by Gasteiger charge is 2.17. The van der Waals surface area contributed by atoms with Gasteiger partial charge in [-0.15, -0.1) is 0 Å². The fourth-order valence-electron chi connectivity index (χ4n) is 3.03. The van der Waals surface area contributed by atoms with Crippen LogP contribution in [-0.2, 0) is 11.2 Å². The standard InChI is InChI=1S/C16H26N4O2/c1-12-18-14(10-16(22)19-12)7-8-17-15(21)6-5-13-4-3-9-20(2)11-13/h10,13H,3-9,11H2,1-2H3,(H,17,21)(H,18,19,22). The number of nitrogens with zero attached hydrogens (tertiary/aromatic N) is 2. The number of hydrogen-bond donors (Lipinski definition) is 2. The van der Waals surface area contributed by atoms with Gasteiger partial charge < -0.3 is 15.2 Å². The maximum Gasteiger partial charge on any atom is 0.251 e. The van der Waals surface area contributed by atoms with Gasteiger partial charge in [-0.3, -0.25) is 9.59 Å². The second-order valence-electron chi connectivity index (χ2n) is 6.23. The summed E-state index contributed by atoms with van der Waals surface area (Å²) in [6, 6.07) is 1.48. The Morgan fingerprint density at radius 1 is 1.55 bits per heavy atom. The molecule has 0 spiro atoms. The van der Waals surface area contributed by atoms with Crippen molar-refractivity contribution in [3.05, 3.63) is 27.9 Å². The second-order valence-corrected chi connectivity index (χ2v) is 6.23. The van der Waals surface area contributed by atoms with E-state index in [1.807, 2.05) is 0 Å². The van der Waals surface area contributed by atoms with Gasteiger partial charge in [0.25, 0.3) is 5.56 Å². The highest BCUT2D eigenvalue weighted by molar-refractivity contribution is 5.75. The van der Waals surface area contributed by atoms with Gasteiger partial charge in [0.15, 0.2) is 0 Å². The molecular formula is C16H26N4O2. The molecule has 0 radical (unpaired) electrons. The van der Waals surface area contributed by atoms with Crippen molar-refractivity contribution in [2.75, 3.05) is 26.7 Å². The molecule has 1 saturated heterocycles. The Balaban J connectivity index is 1.66. The van der Waals surface area contributed by atoms with Crippen LogP contribution in [0.2, 0.25) is 0 Å². The molecule has 2 rings (SSSR count). The summed E-state index contributed by atoms with van der Waals surface area (Å²) in [6.07, 6.45) is 4.59. The lowest BCUT2D eigenvalue weighted by molar-refractivity contribution is -0.121. The van der Waals surface area contributed by atoms with Gasteiger partial charge in [0, 0.05) is 37.7 Å². The summed E-state index contributed by atoms with van der Waals surface area (Å²) in [5, 5.41) is 2.92. The first-order valence-electron chi connectivity index (χ1n) is 8.05. The van der Waals surface area contributed by atoms with Crippen LogP contribution in [0.4, 0.5) is 0 Å². The first-order chi connectivity index (χ1) is 10.5. The number of nitrogens with one attached hydrogen (secondary N) is 2. The Labute approximate surface area is 131 Å². The van der Waals surface area contributed by atoms with E-state index in [1.54, 1.807) is 6.92 Å². The normalized spacial score (nSPS) is 19.1. The summed E-state index contributed by atoms with van der Waals surface area (Å²) >= 11 is 0. The highest BCUT2D eigenvalue weighted by Crippen LogP contribution is 2.19. The number of piperidine rings is 1. The molecule has 1 aliphatic heterocycles. The van der Waals surface area contributed by atoms with Gasteiger partial charge in [0.2, 0.25) is 5.91 Å². The Morgan fingerprint density at radius 2 is 2.36 bits per heavy atom. The predicted molar refractivity (Wildman–Crippen MR) is 85.8 cm³/mol. The van der Waals surface area contributed by atoms with E-state index in [0.717, 1.165) is 18.7 Å². The molecule has 1 unspecified atom stereocenters. The number of H-pyrrole nitrogens is 1. The molecule has 6 nitrogen and oxygen atoms in total. The van der Waals surface area contributed by atoms with Gasteiger partial charge in [-0.25, -0.2) is 4.98 Å². The van der Waals surface area contributed by atoms with Gasteiger partial charge in [-0.05, 0) is 45.7 Å². The minimum atomic E-state index is -0.143. The number of aromatic nitrogens is 2. The van der Waals surface area contributed by atoms with Crippen LogP contribution < -0.4 is 10.9 Å². The van der Waals surface area contributed by atoms with Crippen molar-refractivity contribution in [1.82, 2.24) is 20.2 Å². The summed E-state index contributed by atoms with van der Waals surface area (Å²) in [5.74, 6) is 1.34. The Hall–Kier alpha value is -1.69. The number of likely N-dealkylation sites (tertiary alicyclic amines) is 1. The van der Waals surface area contributed by atoms with E-state index in [2.05, 4.69) is 27.2 Å². The average Bonchev–Trinajstić information content (AvgIpc) is 2.44. The van der Waals surface area contributed by atoms with Gasteiger partial charge in [0.05, 0.1) is 0 Å². The molecule has 22 heavy (non-hydrogen) atoms. The molecule has 1 aliphatic rings. The van der Waals surface area contributed by atoms with Crippen molar-refractivity contribution in [3.63, 3.8) is 0 Å². The number of carbonyl (C=O) groups is 1. The molecule has 0 bridgehead atoms. The molecule has 122 valence electrons. The molecule has 1 atom stereocenters. The third-order valence-electron chi connectivity index (χ3n) is 4.12. The van der Waals surface area contributed by atoms with Gasteiger partial charge in [0.1, 0.15) is 5.82 Å². The molecule has 0 aliphatic carbocycles. The van der Waals surface area contributed by atoms with E-state index in [-0.39, 0.29) is 11.5 Å². The van der Waals surface area contributed by atoms with Crippen LogP contribution in [0.5, 0.6) is 0 Å². The third kappa shape index (κ3) is 5.60. The minimum absolute atomic E-state index is 0.0924. The summed E-state index contributed by atoms with van der Waals surface area (Å²) in [7, 11) is 2.14. The van der Waals surface area contributed by atoms with Crippen LogP contribution in [0.3, 0.4) is 0 Å². The summed E-state index contributed by atoms with van der Waals surface area (Å²) < 4.78 is 0. The Kier molecular flexibility index (Phi) is 6.12. The first kappa shape index (κ1) is 16.7. The molecule has 2 heterocycles. The maximum absolute atomic E-state index is 11.9. The lowest BCUT2D eigenvalue weighted by atomic mass is 9.93. The first-order valence-corrected chi connectivity index (χ1v) is 8.05. The maximum atomic E-state index is 11.9. The zero-order valence-corrected chi connectivity index (χ0v) is 13.5. The van der Waals surface area contributed by atoms with E-state index < -0.39 is 0 Å². The zero-order valence-electron chi connectivity index (χ0n) is 13.5. The summed E-state index contributed by atoms with van der Waals surface area (Å²) in [6.45, 7) is 4.55. The van der Waals surface area contributed by atoms with Crippen LogP contribution in [0, 0.1) is 12.8 Å². The van der Waals surface area contributed by atoms with Crippen LogP contribution >= 0.6 is 0 Å². The van der Waals surface area contributed by atoms with Crippen molar-refractivity contribution in [2.24, 2.45) is 5.92 Å². The molecule has 1 amide bonds. The van der Waals surface area contributed by atoms with Crippen molar-refractivity contribution in [1.29, 1.82) is 0 Å². The van der Waals surface area contributed by atoms with E-state index in [4.69, 9.17) is 0 Å². The topological polar surface area (TPSA) is 78.1 Å². The minimum Gasteiger partial charge on any atom is -0.356 e. The quantitative estimate of drug-likeness (QED) is 0.817. The van der Waals surface area contributed by atoms with Crippen molar-refractivity contribution in [2.45, 2.75) is 39.0 Å². The van der Waals surface area contributed by atoms with Crippen molar-refractivity contribution in [3.8, 4) is 0 Å². The number of aromatic amines is 1. The van der Waals surface area contributed by atoms with Crippen molar-refractivity contribution < 1.29 is 4.79 Å². The van der Waals surface area contributed by atoms with Gasteiger partial charge in [-0.1, -0.05) is 0 Å². The van der Waals surface area contributed by atoms with Crippen molar-refractivity contribution >= 4 is 5.91 Å². The molecule has 1 aromatic heterocycles. The number of carbonyl (C=O) groups excluding carboxylic acids is 1. The van der Waals surface area contributed by atoms with Crippen LogP contribution in [0.1, 0.15) is 37.2 Å². The molecule has 1 fully saturated rings. The lowest BCUT2D eigenvalue weighted by Gasteiger charge is -2.29. The molecule has 0 saturated carbocycles.